The lowest BCUT2D eigenvalue weighted by molar-refractivity contribution is -0.162. The highest BCUT2D eigenvalue weighted by Crippen LogP contribution is 2.19. The van der Waals surface area contributed by atoms with Crippen molar-refractivity contribution in [2.75, 3.05) is 19.7 Å². The molecule has 2 heterocycles. The molecule has 9 heteroatoms. The highest BCUT2D eigenvalue weighted by molar-refractivity contribution is 5.67. The highest BCUT2D eigenvalue weighted by Gasteiger charge is 2.32. The van der Waals surface area contributed by atoms with E-state index in [9.17, 15) is 18.0 Å². The van der Waals surface area contributed by atoms with Crippen LogP contribution in [0.3, 0.4) is 0 Å². The maximum atomic E-state index is 12.1. The predicted octanol–water partition coefficient (Wildman–Crippen LogP) is 2.64. The van der Waals surface area contributed by atoms with Crippen LogP contribution in [0.1, 0.15) is 24.2 Å². The largest absolute Gasteiger partial charge is 0.458 e. The molecular formula is C14H18F3N3O3. The van der Waals surface area contributed by atoms with Gasteiger partial charge < -0.3 is 14.4 Å². The number of carbonyl (C=O) groups excluding carboxylic acids is 1. The molecule has 0 aromatic carbocycles. The molecule has 1 aromatic heterocycles. The first-order valence-electron chi connectivity index (χ1n) is 7.20. The van der Waals surface area contributed by atoms with Gasteiger partial charge in [0.2, 0.25) is 0 Å². The fraction of sp³-hybridized carbons (Fsp3) is 0.643. The van der Waals surface area contributed by atoms with Gasteiger partial charge in [-0.3, -0.25) is 0 Å². The molecule has 1 amide bonds. The predicted molar refractivity (Wildman–Crippen MR) is 74.1 cm³/mol. The summed E-state index contributed by atoms with van der Waals surface area (Å²) in [6.07, 6.45) is -4.62. The summed E-state index contributed by atoms with van der Waals surface area (Å²) >= 11 is 0. The van der Waals surface area contributed by atoms with E-state index < -0.39 is 18.9 Å². The molecule has 1 aromatic rings. The van der Waals surface area contributed by atoms with E-state index >= 15 is 0 Å². The Morgan fingerprint density at radius 1 is 1.35 bits per heavy atom. The van der Waals surface area contributed by atoms with Gasteiger partial charge in [-0.2, -0.15) is 13.2 Å². The average Bonchev–Trinajstić information content (AvgIpc) is 2.43. The number of nitrogens with zero attached hydrogens (tertiary/aromatic N) is 3. The van der Waals surface area contributed by atoms with Crippen LogP contribution in [0.5, 0.6) is 6.01 Å². The minimum Gasteiger partial charge on any atom is -0.458 e. The maximum Gasteiger partial charge on any atom is 0.422 e. The van der Waals surface area contributed by atoms with E-state index in [4.69, 9.17) is 4.74 Å². The summed E-state index contributed by atoms with van der Waals surface area (Å²) < 4.78 is 46.2. The van der Waals surface area contributed by atoms with Crippen molar-refractivity contribution in [1.82, 2.24) is 14.9 Å². The number of aromatic nitrogens is 2. The molecule has 0 N–H and O–H groups in total. The average molecular weight is 333 g/mol. The molecule has 1 unspecified atom stereocenters. The van der Waals surface area contributed by atoms with Crippen LogP contribution < -0.4 is 4.74 Å². The molecule has 1 aliphatic rings. The smallest absolute Gasteiger partial charge is 0.422 e. The van der Waals surface area contributed by atoms with Gasteiger partial charge in [0, 0.05) is 17.9 Å². The second-order valence-electron chi connectivity index (χ2n) is 5.43. The number of hydrogen-bond acceptors (Lipinski definition) is 5. The van der Waals surface area contributed by atoms with Crippen LogP contribution in [0.4, 0.5) is 18.0 Å². The summed E-state index contributed by atoms with van der Waals surface area (Å²) in [4.78, 5) is 21.2. The lowest BCUT2D eigenvalue weighted by atomic mass is 10.1. The Morgan fingerprint density at radius 3 is 2.61 bits per heavy atom. The molecule has 1 aliphatic heterocycles. The van der Waals surface area contributed by atoms with Crippen LogP contribution in [0.2, 0.25) is 0 Å². The molecule has 128 valence electrons. The van der Waals surface area contributed by atoms with Gasteiger partial charge in [0.1, 0.15) is 6.10 Å². The Labute approximate surface area is 131 Å². The van der Waals surface area contributed by atoms with Crippen LogP contribution in [0, 0.1) is 13.8 Å². The number of ether oxygens (including phenoxy) is 2. The number of piperidine rings is 1. The molecule has 6 nitrogen and oxygen atoms in total. The number of amides is 1. The molecule has 2 rings (SSSR count). The Bertz CT molecular complexity index is 546. The molecule has 0 spiro atoms. The van der Waals surface area contributed by atoms with Crippen molar-refractivity contribution < 1.29 is 27.4 Å². The normalized spacial score (nSPS) is 18.7. The summed E-state index contributed by atoms with van der Waals surface area (Å²) in [6.45, 7) is 2.51. The number of hydrogen-bond donors (Lipinski definition) is 0. The van der Waals surface area contributed by atoms with E-state index in [0.29, 0.717) is 19.4 Å². The maximum absolute atomic E-state index is 12.1. The zero-order chi connectivity index (χ0) is 17.0. The van der Waals surface area contributed by atoms with Gasteiger partial charge >= 0.3 is 18.3 Å². The standard InChI is InChI=1S/C14H18F3N3O3/c1-9-6-10(2)19-12(18-9)23-11-4-3-5-20(7-11)13(21)22-8-14(15,16)17/h6,11H,3-5,7-8H2,1-2H3. The minimum absolute atomic E-state index is 0.146. The van der Waals surface area contributed by atoms with Crippen LogP contribution in [-0.4, -0.2) is 52.9 Å². The van der Waals surface area contributed by atoms with Crippen molar-refractivity contribution >= 4 is 6.09 Å². The third kappa shape index (κ3) is 5.57. The first kappa shape index (κ1) is 17.3. The summed E-state index contributed by atoms with van der Waals surface area (Å²) in [5, 5.41) is 0. The number of carbonyl (C=O) groups is 1. The van der Waals surface area contributed by atoms with Crippen LogP contribution in [0.15, 0.2) is 6.07 Å². The summed E-state index contributed by atoms with van der Waals surface area (Å²) in [5.74, 6) is 0. The van der Waals surface area contributed by atoms with Crippen LogP contribution >= 0.6 is 0 Å². The lowest BCUT2D eigenvalue weighted by Crippen LogP contribution is -2.45. The molecule has 1 saturated heterocycles. The van der Waals surface area contributed by atoms with Crippen molar-refractivity contribution in [1.29, 1.82) is 0 Å². The number of rotatable bonds is 3. The second-order valence-corrected chi connectivity index (χ2v) is 5.43. The molecule has 0 aliphatic carbocycles. The highest BCUT2D eigenvalue weighted by atomic mass is 19.4. The third-order valence-corrected chi connectivity index (χ3v) is 3.23. The van der Waals surface area contributed by atoms with E-state index in [0.717, 1.165) is 11.4 Å². The van der Waals surface area contributed by atoms with Crippen LogP contribution in [-0.2, 0) is 4.74 Å². The fourth-order valence-corrected chi connectivity index (χ4v) is 2.33. The van der Waals surface area contributed by atoms with Gasteiger partial charge in [-0.1, -0.05) is 0 Å². The summed E-state index contributed by atoms with van der Waals surface area (Å²) in [7, 11) is 0. The van der Waals surface area contributed by atoms with Gasteiger partial charge in [-0.05, 0) is 32.8 Å². The van der Waals surface area contributed by atoms with E-state index in [-0.39, 0.29) is 18.7 Å². The topological polar surface area (TPSA) is 64.5 Å². The molecule has 0 radical (unpaired) electrons. The van der Waals surface area contributed by atoms with Crippen LogP contribution in [0.25, 0.3) is 0 Å². The quantitative estimate of drug-likeness (QED) is 0.851. The van der Waals surface area contributed by atoms with E-state index in [1.807, 2.05) is 13.8 Å². The van der Waals surface area contributed by atoms with Crippen molar-refractivity contribution in [3.05, 3.63) is 17.5 Å². The third-order valence-electron chi connectivity index (χ3n) is 3.23. The number of likely N-dealkylation sites (tertiary alicyclic amines) is 1. The van der Waals surface area contributed by atoms with Gasteiger partial charge in [0.25, 0.3) is 0 Å². The van der Waals surface area contributed by atoms with Crippen molar-refractivity contribution in [2.45, 2.75) is 39.0 Å². The molecule has 23 heavy (non-hydrogen) atoms. The molecular weight excluding hydrogens is 315 g/mol. The SMILES string of the molecule is Cc1cc(C)nc(OC2CCCN(C(=O)OCC(F)(F)F)C2)n1. The fourth-order valence-electron chi connectivity index (χ4n) is 2.33. The van der Waals surface area contributed by atoms with Gasteiger partial charge in [-0.25, -0.2) is 14.8 Å². The first-order valence-corrected chi connectivity index (χ1v) is 7.20. The zero-order valence-electron chi connectivity index (χ0n) is 12.9. The monoisotopic (exact) mass is 333 g/mol. The molecule has 1 atom stereocenters. The molecule has 0 saturated carbocycles. The Kier molecular flexibility index (Phi) is 5.27. The Morgan fingerprint density at radius 2 is 2.00 bits per heavy atom. The summed E-state index contributed by atoms with van der Waals surface area (Å²) in [5.41, 5.74) is 1.51. The lowest BCUT2D eigenvalue weighted by Gasteiger charge is -2.31. The van der Waals surface area contributed by atoms with Gasteiger partial charge in [0.05, 0.1) is 6.54 Å². The summed E-state index contributed by atoms with van der Waals surface area (Å²) in [6, 6.07) is 2.01. The van der Waals surface area contributed by atoms with E-state index in [1.54, 1.807) is 6.07 Å². The van der Waals surface area contributed by atoms with E-state index in [2.05, 4.69) is 14.7 Å². The van der Waals surface area contributed by atoms with Crippen molar-refractivity contribution in [3.8, 4) is 6.01 Å². The minimum atomic E-state index is -4.53. The number of halogens is 3. The number of alkyl halides is 3. The first-order chi connectivity index (χ1) is 10.7. The van der Waals surface area contributed by atoms with Crippen molar-refractivity contribution in [2.24, 2.45) is 0 Å². The Balaban J connectivity index is 1.91. The molecule has 1 fully saturated rings. The number of aryl methyl sites for hydroxylation is 2. The van der Waals surface area contributed by atoms with Gasteiger partial charge in [-0.15, -0.1) is 0 Å². The molecule has 0 bridgehead atoms. The van der Waals surface area contributed by atoms with Crippen molar-refractivity contribution in [3.63, 3.8) is 0 Å². The Hall–Kier alpha value is -2.06. The van der Waals surface area contributed by atoms with Gasteiger partial charge in [0.15, 0.2) is 6.61 Å². The van der Waals surface area contributed by atoms with E-state index in [1.165, 1.54) is 4.90 Å². The second kappa shape index (κ2) is 7.01. The zero-order valence-corrected chi connectivity index (χ0v) is 12.9.